The topological polar surface area (TPSA) is 64.1 Å². The minimum atomic E-state index is -0.578. The number of nitrogens with one attached hydrogen (secondary N) is 1. The summed E-state index contributed by atoms with van der Waals surface area (Å²) >= 11 is 1.45. The predicted octanol–water partition coefficient (Wildman–Crippen LogP) is 4.64. The first-order valence-corrected chi connectivity index (χ1v) is 9.01. The van der Waals surface area contributed by atoms with E-state index in [-0.39, 0.29) is 11.3 Å². The molecular weight excluding hydrogens is 365 g/mol. The van der Waals surface area contributed by atoms with Crippen molar-refractivity contribution >= 4 is 23.4 Å². The van der Waals surface area contributed by atoms with Crippen LogP contribution in [-0.4, -0.2) is 23.0 Å². The number of carbonyl (C=O) groups is 1. The number of aryl methyl sites for hydroxylation is 2. The molecule has 7 heteroatoms. The van der Waals surface area contributed by atoms with Crippen molar-refractivity contribution in [3.8, 4) is 5.75 Å². The van der Waals surface area contributed by atoms with Gasteiger partial charge in [-0.15, -0.1) is 0 Å². The standard InChI is InChI=1S/C20H18FN3O2S/c1-12-10-13(2)23-20(22-12)27-16-7-5-15(6-8-16)24-19(25)14-4-9-18(26-3)17(21)11-14/h4-11H,1-3H3,(H,24,25). The SMILES string of the molecule is COc1ccc(C(=O)Nc2ccc(Sc3nc(C)cc(C)n3)cc2)cc1F. The minimum absolute atomic E-state index is 0.0986. The first-order chi connectivity index (χ1) is 12.9. The number of anilines is 1. The molecule has 0 unspecified atom stereocenters. The Morgan fingerprint density at radius 1 is 1.04 bits per heavy atom. The number of benzene rings is 2. The maximum Gasteiger partial charge on any atom is 0.255 e. The lowest BCUT2D eigenvalue weighted by molar-refractivity contribution is 0.102. The minimum Gasteiger partial charge on any atom is -0.494 e. The van der Waals surface area contributed by atoms with Gasteiger partial charge in [-0.25, -0.2) is 14.4 Å². The molecule has 3 aromatic rings. The second-order valence-electron chi connectivity index (χ2n) is 5.86. The molecule has 0 aliphatic rings. The van der Waals surface area contributed by atoms with Gasteiger partial charge in [0.2, 0.25) is 0 Å². The van der Waals surface area contributed by atoms with Crippen molar-refractivity contribution in [2.45, 2.75) is 23.9 Å². The molecule has 3 rings (SSSR count). The van der Waals surface area contributed by atoms with Crippen molar-refractivity contribution in [3.63, 3.8) is 0 Å². The Kier molecular flexibility index (Phi) is 5.71. The summed E-state index contributed by atoms with van der Waals surface area (Å²) in [5.74, 6) is -0.874. The Bertz CT molecular complexity index is 957. The highest BCUT2D eigenvalue weighted by Gasteiger charge is 2.11. The zero-order valence-electron chi connectivity index (χ0n) is 15.1. The number of aromatic nitrogens is 2. The van der Waals surface area contributed by atoms with Crippen LogP contribution in [0.5, 0.6) is 5.75 Å². The second-order valence-corrected chi connectivity index (χ2v) is 6.90. The van der Waals surface area contributed by atoms with E-state index >= 15 is 0 Å². The summed E-state index contributed by atoms with van der Waals surface area (Å²) in [6.07, 6.45) is 0. The maximum atomic E-state index is 13.7. The molecule has 0 saturated heterocycles. The summed E-state index contributed by atoms with van der Waals surface area (Å²) in [5.41, 5.74) is 2.67. The van der Waals surface area contributed by atoms with Crippen molar-refractivity contribution < 1.29 is 13.9 Å². The molecule has 0 fully saturated rings. The van der Waals surface area contributed by atoms with E-state index < -0.39 is 11.7 Å². The fourth-order valence-corrected chi connectivity index (χ4v) is 3.32. The predicted molar refractivity (Wildman–Crippen MR) is 103 cm³/mol. The molecule has 0 aliphatic heterocycles. The maximum absolute atomic E-state index is 13.7. The number of halogens is 1. The summed E-state index contributed by atoms with van der Waals surface area (Å²) in [6.45, 7) is 3.86. The molecule has 1 amide bonds. The van der Waals surface area contributed by atoms with Gasteiger partial charge in [-0.3, -0.25) is 4.79 Å². The van der Waals surface area contributed by atoms with Crippen molar-refractivity contribution in [1.82, 2.24) is 9.97 Å². The van der Waals surface area contributed by atoms with Crippen LogP contribution in [0.25, 0.3) is 0 Å². The third-order valence-corrected chi connectivity index (χ3v) is 4.57. The number of methoxy groups -OCH3 is 1. The third-order valence-electron chi connectivity index (χ3n) is 3.70. The van der Waals surface area contributed by atoms with Gasteiger partial charge >= 0.3 is 0 Å². The Hall–Kier alpha value is -2.93. The number of amides is 1. The van der Waals surface area contributed by atoms with Gasteiger partial charge in [0.05, 0.1) is 7.11 Å². The smallest absolute Gasteiger partial charge is 0.255 e. The number of hydrogen-bond donors (Lipinski definition) is 1. The molecule has 1 aromatic heterocycles. The van der Waals surface area contributed by atoms with Gasteiger partial charge in [-0.2, -0.15) is 0 Å². The highest BCUT2D eigenvalue weighted by atomic mass is 32.2. The molecule has 2 aromatic carbocycles. The van der Waals surface area contributed by atoms with Gasteiger partial charge in [-0.1, -0.05) is 0 Å². The number of carbonyl (C=O) groups excluding carboxylic acids is 1. The van der Waals surface area contributed by atoms with Crippen LogP contribution < -0.4 is 10.1 Å². The molecule has 5 nitrogen and oxygen atoms in total. The molecule has 0 atom stereocenters. The lowest BCUT2D eigenvalue weighted by atomic mass is 10.2. The summed E-state index contributed by atoms with van der Waals surface area (Å²) < 4.78 is 18.6. The van der Waals surface area contributed by atoms with E-state index in [1.807, 2.05) is 32.0 Å². The molecule has 1 heterocycles. The lowest BCUT2D eigenvalue weighted by Crippen LogP contribution is -2.12. The van der Waals surface area contributed by atoms with Gasteiger partial charge in [0, 0.05) is 27.5 Å². The number of hydrogen-bond acceptors (Lipinski definition) is 5. The number of rotatable bonds is 5. The van der Waals surface area contributed by atoms with Crippen LogP contribution in [-0.2, 0) is 0 Å². The van der Waals surface area contributed by atoms with Crippen molar-refractivity contribution in [2.24, 2.45) is 0 Å². The Morgan fingerprint density at radius 3 is 2.30 bits per heavy atom. The van der Waals surface area contributed by atoms with Crippen LogP contribution in [0.2, 0.25) is 0 Å². The van der Waals surface area contributed by atoms with Gasteiger partial charge in [0.15, 0.2) is 16.7 Å². The van der Waals surface area contributed by atoms with Crippen molar-refractivity contribution in [1.29, 1.82) is 0 Å². The Labute approximate surface area is 161 Å². The van der Waals surface area contributed by atoms with E-state index in [4.69, 9.17) is 4.74 Å². The van der Waals surface area contributed by atoms with Crippen LogP contribution in [0.1, 0.15) is 21.7 Å². The van der Waals surface area contributed by atoms with E-state index in [0.29, 0.717) is 10.8 Å². The van der Waals surface area contributed by atoms with Crippen LogP contribution >= 0.6 is 11.8 Å². The zero-order valence-corrected chi connectivity index (χ0v) is 15.9. The highest BCUT2D eigenvalue weighted by Crippen LogP contribution is 2.26. The largest absolute Gasteiger partial charge is 0.494 e. The van der Waals surface area contributed by atoms with E-state index in [1.54, 1.807) is 12.1 Å². The fraction of sp³-hybridized carbons (Fsp3) is 0.150. The van der Waals surface area contributed by atoms with Crippen molar-refractivity contribution in [3.05, 3.63) is 71.3 Å². The van der Waals surface area contributed by atoms with E-state index in [0.717, 1.165) is 22.3 Å². The molecule has 1 N–H and O–H groups in total. The number of nitrogens with zero attached hydrogens (tertiary/aromatic N) is 2. The summed E-state index contributed by atoms with van der Waals surface area (Å²) in [7, 11) is 1.38. The van der Waals surface area contributed by atoms with Gasteiger partial charge in [0.25, 0.3) is 5.91 Å². The van der Waals surface area contributed by atoms with Gasteiger partial charge in [0.1, 0.15) is 0 Å². The Morgan fingerprint density at radius 2 is 1.70 bits per heavy atom. The highest BCUT2D eigenvalue weighted by molar-refractivity contribution is 7.99. The molecule has 0 saturated carbocycles. The average Bonchev–Trinajstić information content (AvgIpc) is 2.62. The first kappa shape index (κ1) is 18.8. The molecule has 138 valence electrons. The van der Waals surface area contributed by atoms with Crippen LogP contribution in [0.4, 0.5) is 10.1 Å². The zero-order chi connectivity index (χ0) is 19.4. The Balaban J connectivity index is 1.68. The van der Waals surface area contributed by atoms with E-state index in [1.165, 1.54) is 31.0 Å². The number of ether oxygens (including phenoxy) is 1. The summed E-state index contributed by atoms with van der Waals surface area (Å²) in [5, 5.41) is 3.42. The normalized spacial score (nSPS) is 10.5. The lowest BCUT2D eigenvalue weighted by Gasteiger charge is -2.08. The third kappa shape index (κ3) is 4.83. The van der Waals surface area contributed by atoms with Crippen molar-refractivity contribution in [2.75, 3.05) is 12.4 Å². The molecule has 0 spiro atoms. The van der Waals surface area contributed by atoms with Crippen LogP contribution in [0, 0.1) is 19.7 Å². The molecular formula is C20H18FN3O2S. The molecule has 0 radical (unpaired) electrons. The second kappa shape index (κ2) is 8.18. The summed E-state index contributed by atoms with van der Waals surface area (Å²) in [6, 6.07) is 13.3. The average molecular weight is 383 g/mol. The van der Waals surface area contributed by atoms with Crippen LogP contribution in [0.3, 0.4) is 0 Å². The first-order valence-electron chi connectivity index (χ1n) is 8.19. The molecule has 27 heavy (non-hydrogen) atoms. The quantitative estimate of drug-likeness (QED) is 0.650. The van der Waals surface area contributed by atoms with E-state index in [9.17, 15) is 9.18 Å². The van der Waals surface area contributed by atoms with Gasteiger partial charge in [-0.05, 0) is 74.1 Å². The van der Waals surface area contributed by atoms with E-state index in [2.05, 4.69) is 15.3 Å². The fourth-order valence-electron chi connectivity index (χ4n) is 2.46. The monoisotopic (exact) mass is 383 g/mol. The van der Waals surface area contributed by atoms with Gasteiger partial charge < -0.3 is 10.1 Å². The van der Waals surface area contributed by atoms with Crippen LogP contribution in [0.15, 0.2) is 58.6 Å². The molecule has 0 bridgehead atoms. The summed E-state index contributed by atoms with van der Waals surface area (Å²) in [4.78, 5) is 22.0. The molecule has 0 aliphatic carbocycles.